The van der Waals surface area contributed by atoms with Crippen molar-refractivity contribution in [2.45, 2.75) is 0 Å². The van der Waals surface area contributed by atoms with E-state index in [9.17, 15) is 4.79 Å². The van der Waals surface area contributed by atoms with E-state index in [4.69, 9.17) is 10.5 Å². The minimum Gasteiger partial charge on any atom is -0.465 e. The Morgan fingerprint density at radius 1 is 1.44 bits per heavy atom. The molecule has 0 unspecified atom stereocenters. The van der Waals surface area contributed by atoms with Gasteiger partial charge in [0.05, 0.1) is 18.4 Å². The van der Waals surface area contributed by atoms with E-state index in [0.29, 0.717) is 5.69 Å². The molecule has 0 spiro atoms. The van der Waals surface area contributed by atoms with Gasteiger partial charge in [-0.05, 0) is 34.7 Å². The highest BCUT2D eigenvalue weighted by Gasteiger charge is 2.14. The summed E-state index contributed by atoms with van der Waals surface area (Å²) in [6.45, 7) is 0. The molecule has 0 aliphatic rings. The summed E-state index contributed by atoms with van der Waals surface area (Å²) >= 11 is 2.00. The minimum atomic E-state index is -0.526. The SMILES string of the molecule is COC(=O)c1cccc(I)c1NN=C(C#N)C#N. The number of nitrogens with zero attached hydrogens (tertiary/aromatic N) is 3. The summed E-state index contributed by atoms with van der Waals surface area (Å²) in [6, 6.07) is 8.23. The fourth-order valence-electron chi connectivity index (χ4n) is 1.10. The lowest BCUT2D eigenvalue weighted by Gasteiger charge is -2.08. The zero-order valence-corrected chi connectivity index (χ0v) is 11.4. The number of nitrogens with one attached hydrogen (secondary N) is 1. The molecule has 0 saturated heterocycles. The third-order valence-corrected chi connectivity index (χ3v) is 2.81. The molecule has 0 aliphatic heterocycles. The van der Waals surface area contributed by atoms with E-state index < -0.39 is 5.97 Å². The number of carbonyl (C=O) groups excluding carboxylic acids is 1. The van der Waals surface area contributed by atoms with Gasteiger partial charge in [-0.1, -0.05) is 6.07 Å². The molecule has 90 valence electrons. The molecule has 0 bridgehead atoms. The molecule has 0 amide bonds. The molecule has 1 N–H and O–H groups in total. The van der Waals surface area contributed by atoms with Gasteiger partial charge in [-0.2, -0.15) is 15.6 Å². The number of methoxy groups -OCH3 is 1. The highest BCUT2D eigenvalue weighted by Crippen LogP contribution is 2.23. The second-order valence-electron chi connectivity index (χ2n) is 2.95. The molecule has 0 atom stereocenters. The number of nitriles is 2. The normalized spacial score (nSPS) is 8.67. The van der Waals surface area contributed by atoms with Gasteiger partial charge in [-0.15, -0.1) is 0 Å². The Kier molecular flexibility index (Phi) is 5.08. The summed E-state index contributed by atoms with van der Waals surface area (Å²) in [5, 5.41) is 20.7. The fraction of sp³-hybridized carbons (Fsp3) is 0.0909. The van der Waals surface area contributed by atoms with E-state index in [1.807, 2.05) is 22.6 Å². The molecule has 0 fully saturated rings. The lowest BCUT2D eigenvalue weighted by Crippen LogP contribution is -2.07. The third kappa shape index (κ3) is 3.18. The summed E-state index contributed by atoms with van der Waals surface area (Å²) in [6.07, 6.45) is 0. The Balaban J connectivity index is 3.17. The first-order chi connectivity index (χ1) is 8.63. The number of anilines is 1. The van der Waals surface area contributed by atoms with E-state index in [-0.39, 0.29) is 11.3 Å². The van der Waals surface area contributed by atoms with E-state index in [1.54, 1.807) is 30.3 Å². The lowest BCUT2D eigenvalue weighted by molar-refractivity contribution is 0.0601. The maximum Gasteiger partial charge on any atom is 0.340 e. The van der Waals surface area contributed by atoms with Gasteiger partial charge in [0, 0.05) is 3.57 Å². The van der Waals surface area contributed by atoms with Gasteiger partial charge in [-0.3, -0.25) is 5.43 Å². The van der Waals surface area contributed by atoms with Crippen LogP contribution in [0.1, 0.15) is 10.4 Å². The maximum absolute atomic E-state index is 11.5. The predicted molar refractivity (Wildman–Crippen MR) is 72.8 cm³/mol. The van der Waals surface area contributed by atoms with Crippen LogP contribution in [0.2, 0.25) is 0 Å². The summed E-state index contributed by atoms with van der Waals surface area (Å²) in [5.74, 6) is -0.526. The van der Waals surface area contributed by atoms with Crippen molar-refractivity contribution in [3.8, 4) is 12.1 Å². The third-order valence-electron chi connectivity index (χ3n) is 1.91. The number of esters is 1. The lowest BCUT2D eigenvalue weighted by atomic mass is 10.2. The average Bonchev–Trinajstić information content (AvgIpc) is 2.40. The average molecular weight is 354 g/mol. The number of hydrazone groups is 1. The molecule has 1 aromatic rings. The van der Waals surface area contributed by atoms with Crippen molar-refractivity contribution in [3.05, 3.63) is 27.3 Å². The summed E-state index contributed by atoms with van der Waals surface area (Å²) in [7, 11) is 1.27. The first-order valence-electron chi connectivity index (χ1n) is 4.64. The minimum absolute atomic E-state index is 0.281. The number of carbonyl (C=O) groups is 1. The molecule has 18 heavy (non-hydrogen) atoms. The molecule has 0 radical (unpaired) electrons. The number of hydrogen-bond acceptors (Lipinski definition) is 6. The molecule has 0 aromatic heterocycles. The van der Waals surface area contributed by atoms with Gasteiger partial charge >= 0.3 is 5.97 Å². The second kappa shape index (κ2) is 6.57. The Labute approximate surface area is 117 Å². The molecule has 7 heteroatoms. The quantitative estimate of drug-likeness (QED) is 0.387. The van der Waals surface area contributed by atoms with Crippen molar-refractivity contribution in [1.82, 2.24) is 0 Å². The molecule has 0 heterocycles. The van der Waals surface area contributed by atoms with Crippen LogP contribution in [0.3, 0.4) is 0 Å². The van der Waals surface area contributed by atoms with Crippen molar-refractivity contribution in [2.24, 2.45) is 5.10 Å². The van der Waals surface area contributed by atoms with Gasteiger partial charge in [0.1, 0.15) is 12.1 Å². The van der Waals surface area contributed by atoms with Crippen LogP contribution >= 0.6 is 22.6 Å². The number of halogens is 1. The number of benzene rings is 1. The molecular formula is C11H7IN4O2. The second-order valence-corrected chi connectivity index (χ2v) is 4.11. The first-order valence-corrected chi connectivity index (χ1v) is 5.72. The zero-order chi connectivity index (χ0) is 13.5. The summed E-state index contributed by atoms with van der Waals surface area (Å²) < 4.78 is 5.35. The Morgan fingerprint density at radius 2 is 2.11 bits per heavy atom. The van der Waals surface area contributed by atoms with Crippen molar-refractivity contribution < 1.29 is 9.53 Å². The number of ether oxygens (including phenoxy) is 1. The zero-order valence-electron chi connectivity index (χ0n) is 9.27. The topological polar surface area (TPSA) is 98.3 Å². The highest BCUT2D eigenvalue weighted by atomic mass is 127. The molecule has 0 aliphatic carbocycles. The van der Waals surface area contributed by atoms with Crippen LogP contribution in [0, 0.1) is 26.2 Å². The summed E-state index contributed by atoms with van der Waals surface area (Å²) in [4.78, 5) is 11.5. The Bertz CT molecular complexity index is 568. The predicted octanol–water partition coefficient (Wildman–Crippen LogP) is 1.89. The number of rotatable bonds is 3. The molecule has 6 nitrogen and oxygen atoms in total. The number of hydrogen-bond donors (Lipinski definition) is 1. The highest BCUT2D eigenvalue weighted by molar-refractivity contribution is 14.1. The van der Waals surface area contributed by atoms with Gasteiger partial charge in [0.2, 0.25) is 5.71 Å². The monoisotopic (exact) mass is 354 g/mol. The standard InChI is InChI=1S/C11H7IN4O2/c1-18-11(17)8-3-2-4-9(12)10(8)16-15-7(5-13)6-14/h2-4,16H,1H3. The van der Waals surface area contributed by atoms with Gasteiger partial charge in [-0.25, -0.2) is 4.79 Å². The van der Waals surface area contributed by atoms with Crippen LogP contribution in [-0.2, 0) is 4.74 Å². The largest absolute Gasteiger partial charge is 0.465 e. The first kappa shape index (κ1) is 13.9. The van der Waals surface area contributed by atoms with Crippen LogP contribution < -0.4 is 5.43 Å². The molecular weight excluding hydrogens is 347 g/mol. The fourth-order valence-corrected chi connectivity index (χ4v) is 1.72. The van der Waals surface area contributed by atoms with E-state index in [1.165, 1.54) is 7.11 Å². The Morgan fingerprint density at radius 3 is 2.67 bits per heavy atom. The Hall–Kier alpha value is -2.13. The van der Waals surface area contributed by atoms with E-state index in [2.05, 4.69) is 15.3 Å². The maximum atomic E-state index is 11.5. The van der Waals surface area contributed by atoms with Crippen LogP contribution in [-0.4, -0.2) is 18.8 Å². The van der Waals surface area contributed by atoms with E-state index in [0.717, 1.165) is 3.57 Å². The van der Waals surface area contributed by atoms with Gasteiger partial charge in [0.15, 0.2) is 0 Å². The van der Waals surface area contributed by atoms with E-state index >= 15 is 0 Å². The molecule has 1 aromatic carbocycles. The van der Waals surface area contributed by atoms with Crippen LogP contribution in [0.25, 0.3) is 0 Å². The smallest absolute Gasteiger partial charge is 0.340 e. The van der Waals surface area contributed by atoms with Crippen molar-refractivity contribution in [3.63, 3.8) is 0 Å². The van der Waals surface area contributed by atoms with Crippen LogP contribution in [0.4, 0.5) is 5.69 Å². The molecule has 1 rings (SSSR count). The van der Waals surface area contributed by atoms with Crippen LogP contribution in [0.5, 0.6) is 0 Å². The van der Waals surface area contributed by atoms with Crippen LogP contribution in [0.15, 0.2) is 23.3 Å². The van der Waals surface area contributed by atoms with Gasteiger partial charge < -0.3 is 4.74 Å². The van der Waals surface area contributed by atoms with Crippen molar-refractivity contribution in [1.29, 1.82) is 10.5 Å². The number of para-hydroxylation sites is 1. The molecule has 0 saturated carbocycles. The van der Waals surface area contributed by atoms with Gasteiger partial charge in [0.25, 0.3) is 0 Å². The van der Waals surface area contributed by atoms with Crippen molar-refractivity contribution in [2.75, 3.05) is 12.5 Å². The summed E-state index contributed by atoms with van der Waals surface area (Å²) in [5.41, 5.74) is 2.88. The van der Waals surface area contributed by atoms with Crippen molar-refractivity contribution >= 4 is 40.0 Å².